The van der Waals surface area contributed by atoms with Crippen LogP contribution in [0.4, 0.5) is 0 Å². The Hall–Kier alpha value is -1.91. The van der Waals surface area contributed by atoms with Crippen LogP contribution < -0.4 is 4.72 Å². The van der Waals surface area contributed by atoms with Gasteiger partial charge in [0.25, 0.3) is 0 Å². The summed E-state index contributed by atoms with van der Waals surface area (Å²) >= 11 is 0. The van der Waals surface area contributed by atoms with Crippen LogP contribution >= 0.6 is 0 Å². The van der Waals surface area contributed by atoms with Gasteiger partial charge >= 0.3 is 0 Å². The van der Waals surface area contributed by atoms with Crippen molar-refractivity contribution in [2.45, 2.75) is 33.2 Å². The highest BCUT2D eigenvalue weighted by molar-refractivity contribution is 7.92. The van der Waals surface area contributed by atoms with Crippen LogP contribution in [0.2, 0.25) is 0 Å². The van der Waals surface area contributed by atoms with Gasteiger partial charge in [0.15, 0.2) is 0 Å². The van der Waals surface area contributed by atoms with E-state index >= 15 is 0 Å². The third-order valence-corrected chi connectivity index (χ3v) is 4.68. The first-order chi connectivity index (χ1) is 10.9. The van der Waals surface area contributed by atoms with Crippen LogP contribution in [0.5, 0.6) is 0 Å². The summed E-state index contributed by atoms with van der Waals surface area (Å²) in [5.41, 5.74) is 4.20. The van der Waals surface area contributed by atoms with Crippen molar-refractivity contribution in [3.63, 3.8) is 0 Å². The van der Waals surface area contributed by atoms with E-state index in [1.54, 1.807) is 6.08 Å². The summed E-state index contributed by atoms with van der Waals surface area (Å²) in [5.74, 6) is 0.466. The lowest BCUT2D eigenvalue weighted by Crippen LogP contribution is -2.20. The SMILES string of the molecule is Cc1ccc(CNS(=O)(=O)/C=C/c2ccc(C(C)C)cc2)cc1. The molecule has 0 fully saturated rings. The Kier molecular flexibility index (Phi) is 5.74. The van der Waals surface area contributed by atoms with Crippen molar-refractivity contribution in [1.29, 1.82) is 0 Å². The zero-order valence-corrected chi connectivity index (χ0v) is 14.6. The summed E-state index contributed by atoms with van der Waals surface area (Å²) in [7, 11) is -3.45. The number of hydrogen-bond donors (Lipinski definition) is 1. The minimum absolute atomic E-state index is 0.291. The van der Waals surface area contributed by atoms with Crippen molar-refractivity contribution in [2.24, 2.45) is 0 Å². The summed E-state index contributed by atoms with van der Waals surface area (Å²) in [6.07, 6.45) is 1.61. The molecule has 2 aromatic rings. The molecule has 0 atom stereocenters. The van der Waals surface area contributed by atoms with Crippen LogP contribution in [-0.4, -0.2) is 8.42 Å². The van der Waals surface area contributed by atoms with Crippen LogP contribution in [0.15, 0.2) is 53.9 Å². The Morgan fingerprint density at radius 3 is 2.17 bits per heavy atom. The second kappa shape index (κ2) is 7.57. The Bertz CT molecular complexity index is 758. The largest absolute Gasteiger partial charge is 0.234 e. The number of benzene rings is 2. The first-order valence-corrected chi connectivity index (χ1v) is 9.23. The van der Waals surface area contributed by atoms with Crippen molar-refractivity contribution in [2.75, 3.05) is 0 Å². The molecule has 2 rings (SSSR count). The lowest BCUT2D eigenvalue weighted by molar-refractivity contribution is 0.591. The van der Waals surface area contributed by atoms with E-state index in [2.05, 4.69) is 18.6 Å². The summed E-state index contributed by atoms with van der Waals surface area (Å²) < 4.78 is 26.6. The second-order valence-corrected chi connectivity index (χ2v) is 7.63. The summed E-state index contributed by atoms with van der Waals surface area (Å²) in [6.45, 7) is 6.55. The Morgan fingerprint density at radius 1 is 1.00 bits per heavy atom. The molecule has 0 saturated heterocycles. The van der Waals surface area contributed by atoms with E-state index in [4.69, 9.17) is 0 Å². The van der Waals surface area contributed by atoms with Crippen molar-refractivity contribution >= 4 is 16.1 Å². The van der Waals surface area contributed by atoms with Crippen LogP contribution in [0, 0.1) is 6.92 Å². The molecule has 3 nitrogen and oxygen atoms in total. The zero-order valence-electron chi connectivity index (χ0n) is 13.8. The van der Waals surface area contributed by atoms with Gasteiger partial charge in [-0.05, 0) is 35.6 Å². The smallest absolute Gasteiger partial charge is 0.208 e. The van der Waals surface area contributed by atoms with Crippen molar-refractivity contribution < 1.29 is 8.42 Å². The second-order valence-electron chi connectivity index (χ2n) is 5.98. The maximum atomic E-state index is 12.0. The molecule has 0 aromatic heterocycles. The predicted molar refractivity (Wildman–Crippen MR) is 96.5 cm³/mol. The average Bonchev–Trinajstić information content (AvgIpc) is 2.53. The van der Waals surface area contributed by atoms with Crippen LogP contribution in [-0.2, 0) is 16.6 Å². The fourth-order valence-electron chi connectivity index (χ4n) is 2.10. The van der Waals surface area contributed by atoms with Gasteiger partial charge in [-0.15, -0.1) is 0 Å². The number of hydrogen-bond acceptors (Lipinski definition) is 2. The molecule has 0 aliphatic heterocycles. The van der Waals surface area contributed by atoms with Gasteiger partial charge in [0.05, 0.1) is 0 Å². The Morgan fingerprint density at radius 2 is 1.61 bits per heavy atom. The highest BCUT2D eigenvalue weighted by Gasteiger charge is 2.05. The van der Waals surface area contributed by atoms with Gasteiger partial charge < -0.3 is 0 Å². The third-order valence-electron chi connectivity index (χ3n) is 3.64. The molecule has 0 radical (unpaired) electrons. The minimum Gasteiger partial charge on any atom is -0.208 e. The number of nitrogens with one attached hydrogen (secondary N) is 1. The first kappa shape index (κ1) is 17.4. The minimum atomic E-state index is -3.45. The van der Waals surface area contributed by atoms with Crippen molar-refractivity contribution in [3.8, 4) is 0 Å². The van der Waals surface area contributed by atoms with Gasteiger partial charge in [0, 0.05) is 12.0 Å². The molecule has 0 amide bonds. The van der Waals surface area contributed by atoms with Gasteiger partial charge in [-0.1, -0.05) is 67.9 Å². The van der Waals surface area contributed by atoms with Crippen LogP contribution in [0.3, 0.4) is 0 Å². The molecule has 2 aromatic carbocycles. The molecule has 0 heterocycles. The molecule has 0 spiro atoms. The van der Waals surface area contributed by atoms with Gasteiger partial charge in [-0.3, -0.25) is 0 Å². The summed E-state index contributed by atoms with van der Waals surface area (Å²) in [4.78, 5) is 0. The van der Waals surface area contributed by atoms with E-state index in [0.29, 0.717) is 12.5 Å². The molecular formula is C19H23NO2S. The number of aryl methyl sites for hydroxylation is 1. The van der Waals surface area contributed by atoms with Crippen molar-refractivity contribution in [3.05, 3.63) is 76.2 Å². The fourth-order valence-corrected chi connectivity index (χ4v) is 2.90. The predicted octanol–water partition coefficient (Wildman–Crippen LogP) is 4.21. The normalized spacial score (nSPS) is 12.2. The van der Waals surface area contributed by atoms with E-state index < -0.39 is 10.0 Å². The van der Waals surface area contributed by atoms with Gasteiger partial charge in [0.2, 0.25) is 10.0 Å². The standard InChI is InChI=1S/C19H23NO2S/c1-15(2)19-10-8-17(9-11-19)12-13-23(21,22)20-14-18-6-4-16(3)5-7-18/h4-13,15,20H,14H2,1-3H3/b13-12+. The molecule has 4 heteroatoms. The topological polar surface area (TPSA) is 46.2 Å². The quantitative estimate of drug-likeness (QED) is 0.863. The molecule has 1 N–H and O–H groups in total. The lowest BCUT2D eigenvalue weighted by atomic mass is 10.0. The average molecular weight is 329 g/mol. The third kappa shape index (κ3) is 5.66. The monoisotopic (exact) mass is 329 g/mol. The molecular weight excluding hydrogens is 306 g/mol. The number of sulfonamides is 1. The maximum Gasteiger partial charge on any atom is 0.234 e. The maximum absolute atomic E-state index is 12.0. The van der Waals surface area contributed by atoms with E-state index in [1.807, 2.05) is 55.5 Å². The van der Waals surface area contributed by atoms with Gasteiger partial charge in [0.1, 0.15) is 0 Å². The number of rotatable bonds is 6. The molecule has 0 aliphatic carbocycles. The fraction of sp³-hybridized carbons (Fsp3) is 0.263. The van der Waals surface area contributed by atoms with E-state index in [0.717, 1.165) is 16.7 Å². The first-order valence-electron chi connectivity index (χ1n) is 7.69. The molecule has 0 aliphatic rings. The van der Waals surface area contributed by atoms with Crippen LogP contribution in [0.25, 0.3) is 6.08 Å². The Balaban J connectivity index is 1.98. The Labute approximate surface area is 139 Å². The van der Waals surface area contributed by atoms with E-state index in [-0.39, 0.29) is 0 Å². The van der Waals surface area contributed by atoms with E-state index in [9.17, 15) is 8.42 Å². The molecule has 23 heavy (non-hydrogen) atoms. The molecule has 122 valence electrons. The van der Waals surface area contributed by atoms with Crippen LogP contribution in [0.1, 0.15) is 42.0 Å². The van der Waals surface area contributed by atoms with Gasteiger partial charge in [-0.2, -0.15) is 0 Å². The highest BCUT2D eigenvalue weighted by atomic mass is 32.2. The molecule has 0 saturated carbocycles. The zero-order chi connectivity index (χ0) is 16.9. The molecule has 0 bridgehead atoms. The van der Waals surface area contributed by atoms with Gasteiger partial charge in [-0.25, -0.2) is 13.1 Å². The van der Waals surface area contributed by atoms with E-state index in [1.165, 1.54) is 11.0 Å². The molecule has 0 unspecified atom stereocenters. The lowest BCUT2D eigenvalue weighted by Gasteiger charge is -2.05. The summed E-state index contributed by atoms with van der Waals surface area (Å²) in [5, 5.41) is 1.21. The summed E-state index contributed by atoms with van der Waals surface area (Å²) in [6, 6.07) is 15.7. The highest BCUT2D eigenvalue weighted by Crippen LogP contribution is 2.15. The van der Waals surface area contributed by atoms with Crippen molar-refractivity contribution in [1.82, 2.24) is 4.72 Å².